The van der Waals surface area contributed by atoms with Crippen LogP contribution in [0.5, 0.6) is 0 Å². The molecule has 0 saturated heterocycles. The number of carbonyl (C=O) groups excluding carboxylic acids is 2. The average Bonchev–Trinajstić information content (AvgIpc) is 3.54. The number of carbonyl (C=O) groups is 2. The first-order valence-corrected chi connectivity index (χ1v) is 13.3. The van der Waals surface area contributed by atoms with Crippen molar-refractivity contribution in [1.82, 2.24) is 19.4 Å². The monoisotopic (exact) mass is 569 g/mol. The second kappa shape index (κ2) is 11.2. The third-order valence-electron chi connectivity index (χ3n) is 6.52. The third kappa shape index (κ3) is 5.57. The van der Waals surface area contributed by atoms with Crippen molar-refractivity contribution in [2.24, 2.45) is 0 Å². The fourth-order valence-corrected chi connectivity index (χ4v) is 5.42. The second-order valence-corrected chi connectivity index (χ2v) is 10.6. The van der Waals surface area contributed by atoms with Crippen LogP contribution in [0.15, 0.2) is 48.1 Å². The van der Waals surface area contributed by atoms with E-state index in [9.17, 15) is 19.1 Å². The molecular weight excluding hydrogens is 545 g/mol. The Labute approximate surface area is 232 Å². The van der Waals surface area contributed by atoms with Gasteiger partial charge in [0.2, 0.25) is 0 Å². The molecule has 0 unspecified atom stereocenters. The first-order chi connectivity index (χ1) is 18.8. The summed E-state index contributed by atoms with van der Waals surface area (Å²) in [6.45, 7) is 2.37. The summed E-state index contributed by atoms with van der Waals surface area (Å²) in [5.74, 6) is -0.799. The summed E-state index contributed by atoms with van der Waals surface area (Å²) in [6.07, 6.45) is 3.27. The van der Waals surface area contributed by atoms with Crippen LogP contribution in [0.2, 0.25) is 5.02 Å². The lowest BCUT2D eigenvalue weighted by Gasteiger charge is -2.36. The lowest BCUT2D eigenvalue weighted by molar-refractivity contribution is 0.0386. The van der Waals surface area contributed by atoms with Crippen LogP contribution >= 0.6 is 22.9 Å². The first kappa shape index (κ1) is 26.9. The van der Waals surface area contributed by atoms with Crippen molar-refractivity contribution in [2.75, 3.05) is 19.0 Å². The van der Waals surface area contributed by atoms with Crippen molar-refractivity contribution in [2.45, 2.75) is 32.7 Å². The molecule has 1 aliphatic heterocycles. The van der Waals surface area contributed by atoms with E-state index in [2.05, 4.69) is 15.3 Å². The molecule has 12 heteroatoms. The summed E-state index contributed by atoms with van der Waals surface area (Å²) in [5, 5.41) is 15.3. The number of nitrogens with one attached hydrogen (secondary N) is 1. The zero-order chi connectivity index (χ0) is 27.7. The summed E-state index contributed by atoms with van der Waals surface area (Å²) in [6, 6.07) is 7.19. The molecule has 202 valence electrons. The van der Waals surface area contributed by atoms with Crippen LogP contribution in [-0.4, -0.2) is 56.1 Å². The Hall–Kier alpha value is -3.64. The maximum Gasteiger partial charge on any atom is 0.276 e. The van der Waals surface area contributed by atoms with Gasteiger partial charge >= 0.3 is 0 Å². The number of methoxy groups -OCH3 is 1. The van der Waals surface area contributed by atoms with Crippen LogP contribution in [0.25, 0.3) is 11.1 Å². The van der Waals surface area contributed by atoms with Gasteiger partial charge in [-0.25, -0.2) is 14.4 Å². The first-order valence-electron chi connectivity index (χ1n) is 12.0. The molecule has 1 atom stereocenters. The number of pyridine rings is 1. The molecule has 3 aromatic heterocycles. The molecule has 39 heavy (non-hydrogen) atoms. The number of halogens is 2. The van der Waals surface area contributed by atoms with Crippen molar-refractivity contribution < 1.29 is 23.8 Å². The Morgan fingerprint density at radius 2 is 2.13 bits per heavy atom. The van der Waals surface area contributed by atoms with Crippen molar-refractivity contribution in [3.05, 3.63) is 86.5 Å². The van der Waals surface area contributed by atoms with E-state index < -0.39 is 5.82 Å². The van der Waals surface area contributed by atoms with E-state index in [0.717, 1.165) is 5.01 Å². The number of rotatable bonds is 8. The maximum atomic E-state index is 14.0. The van der Waals surface area contributed by atoms with Crippen LogP contribution in [0, 0.1) is 12.7 Å². The number of fused-ring (bicyclic) bond motifs is 1. The number of hydrogen-bond acceptors (Lipinski definition) is 7. The minimum absolute atomic E-state index is 0.114. The fourth-order valence-electron chi connectivity index (χ4n) is 4.62. The minimum atomic E-state index is -0.444. The molecule has 0 saturated carbocycles. The Balaban J connectivity index is 1.45. The molecule has 0 aliphatic carbocycles. The molecule has 1 aromatic carbocycles. The van der Waals surface area contributed by atoms with E-state index in [4.69, 9.17) is 16.3 Å². The van der Waals surface area contributed by atoms with Crippen molar-refractivity contribution in [3.63, 3.8) is 0 Å². The summed E-state index contributed by atoms with van der Waals surface area (Å²) < 4.78 is 21.2. The molecule has 2 amide bonds. The van der Waals surface area contributed by atoms with Gasteiger partial charge in [-0.05, 0) is 42.3 Å². The lowest BCUT2D eigenvalue weighted by Crippen LogP contribution is -2.49. The summed E-state index contributed by atoms with van der Waals surface area (Å²) in [7, 11) is 1.56. The number of amides is 2. The molecule has 4 aromatic rings. The van der Waals surface area contributed by atoms with Gasteiger partial charge in [0.1, 0.15) is 23.0 Å². The van der Waals surface area contributed by atoms with Gasteiger partial charge in [-0.1, -0.05) is 17.7 Å². The van der Waals surface area contributed by atoms with E-state index in [0.29, 0.717) is 51.0 Å². The van der Waals surface area contributed by atoms with E-state index in [-0.39, 0.29) is 37.6 Å². The van der Waals surface area contributed by atoms with Crippen LogP contribution < -0.4 is 5.32 Å². The van der Waals surface area contributed by atoms with Crippen LogP contribution in [0.1, 0.15) is 37.1 Å². The van der Waals surface area contributed by atoms with E-state index in [1.54, 1.807) is 29.5 Å². The van der Waals surface area contributed by atoms with Gasteiger partial charge in [0, 0.05) is 49.1 Å². The Kier molecular flexibility index (Phi) is 7.76. The third-order valence-corrected chi connectivity index (χ3v) is 7.60. The molecule has 0 bridgehead atoms. The smallest absolute Gasteiger partial charge is 0.276 e. The lowest BCUT2D eigenvalue weighted by atomic mass is 10.0. The molecule has 9 nitrogen and oxygen atoms in total. The van der Waals surface area contributed by atoms with E-state index >= 15 is 0 Å². The molecule has 0 fully saturated rings. The Morgan fingerprint density at radius 1 is 1.31 bits per heavy atom. The van der Waals surface area contributed by atoms with Crippen LogP contribution in [-0.2, 0) is 24.4 Å². The highest BCUT2D eigenvalue weighted by molar-refractivity contribution is 7.09. The zero-order valence-electron chi connectivity index (χ0n) is 21.1. The van der Waals surface area contributed by atoms with Crippen LogP contribution in [0.3, 0.4) is 0 Å². The number of hydrogen-bond donors (Lipinski definition) is 2. The Bertz CT molecular complexity index is 1550. The number of aryl methyl sites for hydroxylation is 1. The number of anilines is 1. The van der Waals surface area contributed by atoms with Crippen molar-refractivity contribution >= 4 is 40.6 Å². The summed E-state index contributed by atoms with van der Waals surface area (Å²) in [5.41, 5.74) is 3.07. The number of aliphatic hydroxyl groups is 1. The number of ether oxygens (including phenoxy) is 1. The highest BCUT2D eigenvalue weighted by atomic mass is 35.5. The number of benzene rings is 1. The maximum absolute atomic E-state index is 14.0. The standard InChI is InChI=1S/C27H25ClFN5O4S/c1-15-31-23(14-39-15)26(36)32-25-7-21(22(28)8-30-25)18-6-24-27(37)34(20(13-38-2)11-33(24)9-18)10-17-5-19(29)4-3-16(17)12-35/h3-9,14,20,35H,10-13H2,1-2H3,(H,30,32,36)/t20-/m1/s1. The predicted octanol–water partition coefficient (Wildman–Crippen LogP) is 4.52. The number of thiazole rings is 1. The largest absolute Gasteiger partial charge is 0.392 e. The normalized spacial score (nSPS) is 14.9. The minimum Gasteiger partial charge on any atom is -0.392 e. The van der Waals surface area contributed by atoms with E-state index in [1.165, 1.54) is 35.7 Å². The molecule has 5 rings (SSSR count). The van der Waals surface area contributed by atoms with Gasteiger partial charge in [-0.2, -0.15) is 0 Å². The van der Waals surface area contributed by atoms with Gasteiger partial charge in [-0.15, -0.1) is 11.3 Å². The predicted molar refractivity (Wildman–Crippen MR) is 145 cm³/mol. The average molecular weight is 570 g/mol. The van der Waals surface area contributed by atoms with Gasteiger partial charge < -0.3 is 24.6 Å². The van der Waals surface area contributed by atoms with Gasteiger partial charge in [0.15, 0.2) is 0 Å². The summed E-state index contributed by atoms with van der Waals surface area (Å²) >= 11 is 7.86. The van der Waals surface area contributed by atoms with Crippen molar-refractivity contribution in [1.29, 1.82) is 0 Å². The second-order valence-electron chi connectivity index (χ2n) is 9.14. The molecule has 1 aliphatic rings. The quantitative estimate of drug-likeness (QED) is 0.323. The van der Waals surface area contributed by atoms with Gasteiger partial charge in [0.05, 0.1) is 29.3 Å². The number of aliphatic hydroxyl groups excluding tert-OH is 1. The number of nitrogens with zero attached hydrogens (tertiary/aromatic N) is 4. The van der Waals surface area contributed by atoms with Crippen molar-refractivity contribution in [3.8, 4) is 11.1 Å². The zero-order valence-corrected chi connectivity index (χ0v) is 22.7. The molecule has 4 heterocycles. The summed E-state index contributed by atoms with van der Waals surface area (Å²) in [4.78, 5) is 36.3. The highest BCUT2D eigenvalue weighted by Gasteiger charge is 2.34. The highest BCUT2D eigenvalue weighted by Crippen LogP contribution is 2.33. The molecular formula is C27H25ClFN5O4S. The van der Waals surface area contributed by atoms with E-state index in [1.807, 2.05) is 17.7 Å². The Morgan fingerprint density at radius 3 is 2.85 bits per heavy atom. The SMILES string of the molecule is COC[C@H]1Cn2cc(-c3cc(NC(=O)c4csc(C)n4)ncc3Cl)cc2C(=O)N1Cc1cc(F)ccc1CO. The molecule has 0 spiro atoms. The fraction of sp³-hybridized carbons (Fsp3) is 0.259. The number of aromatic nitrogens is 3. The topological polar surface area (TPSA) is 110 Å². The van der Waals surface area contributed by atoms with Gasteiger partial charge in [0.25, 0.3) is 11.8 Å². The van der Waals surface area contributed by atoms with Crippen LogP contribution in [0.4, 0.5) is 10.2 Å². The molecule has 0 radical (unpaired) electrons. The molecule has 2 N–H and O–H groups in total. The van der Waals surface area contributed by atoms with Gasteiger partial charge in [-0.3, -0.25) is 9.59 Å².